The summed E-state index contributed by atoms with van der Waals surface area (Å²) >= 11 is 0. The highest BCUT2D eigenvalue weighted by Crippen LogP contribution is 2.17. The molecule has 0 radical (unpaired) electrons. The predicted octanol–water partition coefficient (Wildman–Crippen LogP) is 16.8. The molecule has 0 amide bonds. The number of carbonyl (C=O) groups is 3. The van der Waals surface area contributed by atoms with Gasteiger partial charge >= 0.3 is 17.9 Å². The number of ether oxygens (including phenoxy) is 3. The van der Waals surface area contributed by atoms with Crippen LogP contribution >= 0.6 is 0 Å². The van der Waals surface area contributed by atoms with Crippen molar-refractivity contribution in [2.75, 3.05) is 13.2 Å². The number of esters is 3. The van der Waals surface area contributed by atoms with Crippen molar-refractivity contribution in [3.8, 4) is 0 Å². The molecule has 1 atom stereocenters. The van der Waals surface area contributed by atoms with Crippen LogP contribution in [-0.4, -0.2) is 37.2 Å². The zero-order valence-electron chi connectivity index (χ0n) is 39.3. The average Bonchev–Trinajstić information content (AvgIpc) is 3.22. The smallest absolute Gasteiger partial charge is 0.306 e. The molecular formula is C52H100O6. The average molecular weight is 821 g/mol. The van der Waals surface area contributed by atoms with Crippen molar-refractivity contribution >= 4 is 17.9 Å². The van der Waals surface area contributed by atoms with Gasteiger partial charge in [0.15, 0.2) is 6.10 Å². The van der Waals surface area contributed by atoms with Crippen LogP contribution in [-0.2, 0) is 28.6 Å². The molecule has 0 aromatic heterocycles. The van der Waals surface area contributed by atoms with E-state index in [1.54, 1.807) is 0 Å². The predicted molar refractivity (Wildman–Crippen MR) is 247 cm³/mol. The lowest BCUT2D eigenvalue weighted by molar-refractivity contribution is -0.167. The van der Waals surface area contributed by atoms with Crippen LogP contribution in [0.1, 0.15) is 297 Å². The molecular weight excluding hydrogens is 721 g/mol. The summed E-state index contributed by atoms with van der Waals surface area (Å²) in [6, 6.07) is 0. The molecule has 0 rings (SSSR count). The fraction of sp³-hybridized carbons (Fsp3) is 0.942. The normalized spacial score (nSPS) is 11.8. The molecule has 0 bridgehead atoms. The lowest BCUT2D eigenvalue weighted by Crippen LogP contribution is -2.30. The molecule has 0 aliphatic carbocycles. The van der Waals surface area contributed by atoms with Gasteiger partial charge in [-0.3, -0.25) is 14.4 Å². The molecule has 6 nitrogen and oxygen atoms in total. The van der Waals surface area contributed by atoms with E-state index in [4.69, 9.17) is 14.2 Å². The fourth-order valence-electron chi connectivity index (χ4n) is 7.92. The van der Waals surface area contributed by atoms with E-state index in [9.17, 15) is 14.4 Å². The summed E-state index contributed by atoms with van der Waals surface area (Å²) in [7, 11) is 0. The molecule has 0 aromatic rings. The minimum atomic E-state index is -0.756. The molecule has 344 valence electrons. The summed E-state index contributed by atoms with van der Waals surface area (Å²) in [5.41, 5.74) is 0. The molecule has 0 saturated heterocycles. The van der Waals surface area contributed by atoms with Crippen molar-refractivity contribution in [3.63, 3.8) is 0 Å². The molecule has 0 aromatic carbocycles. The van der Waals surface area contributed by atoms with Crippen molar-refractivity contribution in [2.24, 2.45) is 0 Å². The van der Waals surface area contributed by atoms with E-state index in [2.05, 4.69) is 20.8 Å². The van der Waals surface area contributed by atoms with Crippen molar-refractivity contribution in [1.82, 2.24) is 0 Å². The van der Waals surface area contributed by atoms with E-state index >= 15 is 0 Å². The van der Waals surface area contributed by atoms with Crippen molar-refractivity contribution in [3.05, 3.63) is 0 Å². The zero-order valence-corrected chi connectivity index (χ0v) is 39.3. The van der Waals surface area contributed by atoms with Gasteiger partial charge in [-0.15, -0.1) is 0 Å². The van der Waals surface area contributed by atoms with Gasteiger partial charge in [-0.1, -0.05) is 258 Å². The lowest BCUT2D eigenvalue weighted by Gasteiger charge is -2.18. The maximum Gasteiger partial charge on any atom is 0.306 e. The first-order valence-electron chi connectivity index (χ1n) is 26.0. The Morgan fingerprint density at radius 3 is 0.690 bits per heavy atom. The highest BCUT2D eigenvalue weighted by molar-refractivity contribution is 5.71. The van der Waals surface area contributed by atoms with Gasteiger partial charge < -0.3 is 14.2 Å². The number of unbranched alkanes of at least 4 members (excludes halogenated alkanes) is 37. The summed E-state index contributed by atoms with van der Waals surface area (Å²) in [5.74, 6) is -0.867. The van der Waals surface area contributed by atoms with Gasteiger partial charge in [0, 0.05) is 19.3 Å². The largest absolute Gasteiger partial charge is 0.462 e. The first kappa shape index (κ1) is 56.4. The topological polar surface area (TPSA) is 78.9 Å². The minimum Gasteiger partial charge on any atom is -0.462 e. The molecule has 6 heteroatoms. The third-order valence-electron chi connectivity index (χ3n) is 11.9. The first-order valence-corrected chi connectivity index (χ1v) is 26.0. The fourth-order valence-corrected chi connectivity index (χ4v) is 7.92. The molecule has 0 fully saturated rings. The van der Waals surface area contributed by atoms with Gasteiger partial charge in [0.2, 0.25) is 0 Å². The van der Waals surface area contributed by atoms with Gasteiger partial charge in [0.25, 0.3) is 0 Å². The van der Waals surface area contributed by atoms with Gasteiger partial charge in [0.1, 0.15) is 13.2 Å². The Morgan fingerprint density at radius 2 is 0.466 bits per heavy atom. The highest BCUT2D eigenvalue weighted by atomic mass is 16.6. The molecule has 0 aliphatic heterocycles. The van der Waals surface area contributed by atoms with Crippen LogP contribution in [0.15, 0.2) is 0 Å². The van der Waals surface area contributed by atoms with E-state index in [-0.39, 0.29) is 31.1 Å². The quantitative estimate of drug-likeness (QED) is 0.0346. The summed E-state index contributed by atoms with van der Waals surface area (Å²) in [5, 5.41) is 0. The number of hydrogen-bond acceptors (Lipinski definition) is 6. The highest BCUT2D eigenvalue weighted by Gasteiger charge is 2.19. The third kappa shape index (κ3) is 45.5. The maximum absolute atomic E-state index is 12.6. The van der Waals surface area contributed by atoms with E-state index in [1.807, 2.05) is 0 Å². The second-order valence-corrected chi connectivity index (χ2v) is 17.8. The van der Waals surface area contributed by atoms with Gasteiger partial charge in [-0.05, 0) is 19.3 Å². The standard InChI is InChI=1S/C52H100O6/c1-4-7-10-13-16-17-18-19-20-21-22-23-24-25-26-27-28-29-30-31-32-33-34-35-37-39-42-45-51(54)57-48-49(47-56-50(53)44-41-38-15-12-9-6-3)58-52(55)46-43-40-36-14-11-8-5-2/h49H,4-48H2,1-3H3. The van der Waals surface area contributed by atoms with Crippen molar-refractivity contribution in [2.45, 2.75) is 303 Å². The number of rotatable bonds is 48. The summed E-state index contributed by atoms with van der Waals surface area (Å²) in [4.78, 5) is 37.4. The van der Waals surface area contributed by atoms with Gasteiger partial charge in [-0.25, -0.2) is 0 Å². The van der Waals surface area contributed by atoms with Crippen LogP contribution in [0.2, 0.25) is 0 Å². The van der Waals surface area contributed by atoms with Gasteiger partial charge in [0.05, 0.1) is 0 Å². The Balaban J connectivity index is 3.85. The van der Waals surface area contributed by atoms with Crippen molar-refractivity contribution < 1.29 is 28.6 Å². The lowest BCUT2D eigenvalue weighted by atomic mass is 10.0. The van der Waals surface area contributed by atoms with E-state index in [0.29, 0.717) is 19.3 Å². The summed E-state index contributed by atoms with van der Waals surface area (Å²) < 4.78 is 16.6. The molecule has 0 N–H and O–H groups in total. The zero-order chi connectivity index (χ0) is 42.3. The SMILES string of the molecule is CCCCCCCCCCCCCCCCCCCCCCCCCCCCCC(=O)OCC(COC(=O)CCCCCCCC)OC(=O)CCCCCCCCC. The molecule has 0 heterocycles. The van der Waals surface area contributed by atoms with E-state index in [1.165, 1.54) is 199 Å². The molecule has 0 saturated carbocycles. The molecule has 0 aliphatic rings. The molecule has 1 unspecified atom stereocenters. The van der Waals surface area contributed by atoms with E-state index < -0.39 is 6.10 Å². The Hall–Kier alpha value is -1.59. The Morgan fingerprint density at radius 1 is 0.276 bits per heavy atom. The number of hydrogen-bond donors (Lipinski definition) is 0. The maximum atomic E-state index is 12.6. The monoisotopic (exact) mass is 821 g/mol. The summed E-state index contributed by atoms with van der Waals surface area (Å²) in [6.07, 6.45) is 51.6. The van der Waals surface area contributed by atoms with Crippen LogP contribution in [0.4, 0.5) is 0 Å². The van der Waals surface area contributed by atoms with Crippen LogP contribution < -0.4 is 0 Å². The van der Waals surface area contributed by atoms with Crippen LogP contribution in [0.5, 0.6) is 0 Å². The van der Waals surface area contributed by atoms with E-state index in [0.717, 1.165) is 57.8 Å². The second-order valence-electron chi connectivity index (χ2n) is 17.8. The van der Waals surface area contributed by atoms with Crippen LogP contribution in [0, 0.1) is 0 Å². The minimum absolute atomic E-state index is 0.0641. The molecule has 58 heavy (non-hydrogen) atoms. The van der Waals surface area contributed by atoms with Gasteiger partial charge in [-0.2, -0.15) is 0 Å². The summed E-state index contributed by atoms with van der Waals surface area (Å²) in [6.45, 7) is 6.57. The van der Waals surface area contributed by atoms with Crippen molar-refractivity contribution in [1.29, 1.82) is 0 Å². The molecule has 0 spiro atoms. The second kappa shape index (κ2) is 48.1. The number of carbonyl (C=O) groups excluding carboxylic acids is 3. The van der Waals surface area contributed by atoms with Crippen LogP contribution in [0.3, 0.4) is 0 Å². The Bertz CT molecular complexity index is 859. The Kier molecular flexibility index (Phi) is 46.8. The Labute approximate surface area is 361 Å². The third-order valence-corrected chi connectivity index (χ3v) is 11.9. The first-order chi connectivity index (χ1) is 28.5. The van der Waals surface area contributed by atoms with Crippen LogP contribution in [0.25, 0.3) is 0 Å².